The van der Waals surface area contributed by atoms with Crippen LogP contribution in [-0.2, 0) is 6.42 Å². The third-order valence-electron chi connectivity index (χ3n) is 10.8. The maximum absolute atomic E-state index is 6.68. The average molecular weight is 653 g/mol. The molecule has 0 spiro atoms. The molecule has 0 unspecified atom stereocenters. The van der Waals surface area contributed by atoms with E-state index in [9.17, 15) is 0 Å². The summed E-state index contributed by atoms with van der Waals surface area (Å²) in [5.74, 6) is 0. The summed E-state index contributed by atoms with van der Waals surface area (Å²) in [6.45, 7) is 0. The number of furan rings is 1. The molecule has 3 heterocycles. The zero-order chi connectivity index (χ0) is 33.5. The van der Waals surface area contributed by atoms with Crippen molar-refractivity contribution < 1.29 is 4.42 Å². The largest absolute Gasteiger partial charge is 0.455 e. The highest BCUT2D eigenvalue weighted by atomic mass is 16.3. The van der Waals surface area contributed by atoms with E-state index in [1.165, 1.54) is 60.8 Å². The second kappa shape index (κ2) is 11.0. The fourth-order valence-electron chi connectivity index (χ4n) is 8.49. The lowest BCUT2D eigenvalue weighted by Crippen LogP contribution is -2.00. The molecular weight excluding hydrogens is 621 g/mol. The fourth-order valence-corrected chi connectivity index (χ4v) is 8.49. The van der Waals surface area contributed by atoms with Crippen LogP contribution in [0.15, 0.2) is 168 Å². The van der Waals surface area contributed by atoms with E-state index in [4.69, 9.17) is 4.42 Å². The predicted octanol–water partition coefficient (Wildman–Crippen LogP) is 12.9. The highest BCUT2D eigenvalue weighted by Crippen LogP contribution is 2.41. The van der Waals surface area contributed by atoms with Gasteiger partial charge in [0.15, 0.2) is 0 Å². The van der Waals surface area contributed by atoms with Gasteiger partial charge in [-0.25, -0.2) is 0 Å². The molecule has 7 aromatic carbocycles. The van der Waals surface area contributed by atoms with Crippen LogP contribution in [0.4, 0.5) is 0 Å². The molecule has 3 nitrogen and oxygen atoms in total. The number of hydrogen-bond acceptors (Lipinski definition) is 1. The van der Waals surface area contributed by atoms with Gasteiger partial charge in [-0.1, -0.05) is 103 Å². The minimum atomic E-state index is 0.898. The summed E-state index contributed by atoms with van der Waals surface area (Å²) in [5.41, 5.74) is 15.2. The van der Waals surface area contributed by atoms with Crippen molar-refractivity contribution in [1.82, 2.24) is 9.13 Å². The first kappa shape index (κ1) is 28.3. The molecule has 1 aliphatic rings. The third kappa shape index (κ3) is 4.25. The number of benzene rings is 7. The molecular formula is C48H32N2O. The molecule has 0 bridgehead atoms. The van der Waals surface area contributed by atoms with E-state index in [1.54, 1.807) is 0 Å². The highest BCUT2D eigenvalue weighted by Gasteiger charge is 2.20. The zero-order valence-corrected chi connectivity index (χ0v) is 27.9. The molecule has 0 saturated carbocycles. The summed E-state index contributed by atoms with van der Waals surface area (Å²) in [6, 6.07) is 57.0. The molecule has 0 amide bonds. The van der Waals surface area contributed by atoms with Crippen LogP contribution >= 0.6 is 0 Å². The first-order valence-corrected chi connectivity index (χ1v) is 17.7. The molecule has 0 saturated heterocycles. The lowest BCUT2D eigenvalue weighted by atomic mass is 9.99. The van der Waals surface area contributed by atoms with Gasteiger partial charge in [0.05, 0.1) is 16.6 Å². The lowest BCUT2D eigenvalue weighted by molar-refractivity contribution is 0.670. The van der Waals surface area contributed by atoms with E-state index in [0.717, 1.165) is 51.6 Å². The highest BCUT2D eigenvalue weighted by molar-refractivity contribution is 6.12. The minimum absolute atomic E-state index is 0.898. The number of nitrogens with zero attached hydrogens (tertiary/aromatic N) is 2. The standard InChI is InChI=1S/C48H32N2O/c1-2-13-34(14-3-1)49-45-23-9-6-18-39(45)41-29-31(24-26-46(41)49)32-25-27-47-42(30-32)40-20-11-19-36(48(40)51-47)33-12-10-15-35(28-33)50-43-21-7-4-16-37(43)38-17-5-8-22-44(38)50/h1-4,6-16,18-30H,5,17H2. The van der Waals surface area contributed by atoms with Crippen LogP contribution in [0.5, 0.6) is 0 Å². The summed E-state index contributed by atoms with van der Waals surface area (Å²) in [4.78, 5) is 0. The molecule has 0 fully saturated rings. The molecule has 0 radical (unpaired) electrons. The summed E-state index contributed by atoms with van der Waals surface area (Å²) < 4.78 is 11.5. The van der Waals surface area contributed by atoms with Gasteiger partial charge in [0, 0.05) is 49.6 Å². The molecule has 0 atom stereocenters. The summed E-state index contributed by atoms with van der Waals surface area (Å²) in [7, 11) is 0. The Morgan fingerprint density at radius 2 is 1.14 bits per heavy atom. The van der Waals surface area contributed by atoms with E-state index < -0.39 is 0 Å². The molecule has 1 aliphatic carbocycles. The van der Waals surface area contributed by atoms with Crippen LogP contribution in [-0.4, -0.2) is 9.13 Å². The lowest BCUT2D eigenvalue weighted by Gasteiger charge is -2.13. The van der Waals surface area contributed by atoms with Crippen molar-refractivity contribution >= 4 is 60.7 Å². The van der Waals surface area contributed by atoms with Crippen LogP contribution in [0.25, 0.3) is 94.4 Å². The number of para-hydroxylation sites is 4. The van der Waals surface area contributed by atoms with E-state index in [2.05, 4.69) is 179 Å². The Morgan fingerprint density at radius 1 is 0.451 bits per heavy atom. The third-order valence-corrected chi connectivity index (χ3v) is 10.8. The van der Waals surface area contributed by atoms with Gasteiger partial charge in [0.2, 0.25) is 0 Å². The van der Waals surface area contributed by atoms with E-state index in [-0.39, 0.29) is 0 Å². The smallest absolute Gasteiger partial charge is 0.143 e. The Hall–Kier alpha value is -6.58. The summed E-state index contributed by atoms with van der Waals surface area (Å²) in [6.07, 6.45) is 6.75. The number of aryl methyl sites for hydroxylation is 1. The molecule has 3 aromatic heterocycles. The average Bonchev–Trinajstić information content (AvgIpc) is 3.85. The SMILES string of the molecule is C1=Cc2c(c3ccccc3n2-c2cccc(-c3cccc4c3oc3ccc(-c5ccc6c(c5)c5ccccc5n6-c5ccccc5)cc34)c2)CC1. The Morgan fingerprint density at radius 3 is 2.02 bits per heavy atom. The molecule has 0 N–H and O–H groups in total. The Kier molecular flexibility index (Phi) is 6.08. The number of hydrogen-bond donors (Lipinski definition) is 0. The Balaban J connectivity index is 1.04. The van der Waals surface area contributed by atoms with Crippen molar-refractivity contribution in [1.29, 1.82) is 0 Å². The number of allylic oxidation sites excluding steroid dienone is 1. The quantitative estimate of drug-likeness (QED) is 0.186. The van der Waals surface area contributed by atoms with Crippen LogP contribution in [0.1, 0.15) is 17.7 Å². The molecule has 11 rings (SSSR count). The van der Waals surface area contributed by atoms with Gasteiger partial charge in [0.25, 0.3) is 0 Å². The topological polar surface area (TPSA) is 23.0 Å². The van der Waals surface area contributed by atoms with Crippen molar-refractivity contribution in [2.45, 2.75) is 12.8 Å². The van der Waals surface area contributed by atoms with E-state index >= 15 is 0 Å². The summed E-state index contributed by atoms with van der Waals surface area (Å²) in [5, 5.41) is 6.10. The van der Waals surface area contributed by atoms with Crippen LogP contribution in [0.3, 0.4) is 0 Å². The zero-order valence-electron chi connectivity index (χ0n) is 27.9. The number of aromatic nitrogens is 2. The Bertz CT molecular complexity index is 3020. The van der Waals surface area contributed by atoms with Gasteiger partial charge in [0.1, 0.15) is 11.2 Å². The van der Waals surface area contributed by atoms with Crippen LogP contribution < -0.4 is 0 Å². The number of fused-ring (bicyclic) bond motifs is 9. The number of rotatable bonds is 4. The van der Waals surface area contributed by atoms with Gasteiger partial charge >= 0.3 is 0 Å². The van der Waals surface area contributed by atoms with Gasteiger partial charge in [-0.3, -0.25) is 0 Å². The minimum Gasteiger partial charge on any atom is -0.455 e. The predicted molar refractivity (Wildman–Crippen MR) is 213 cm³/mol. The second-order valence-corrected chi connectivity index (χ2v) is 13.6. The van der Waals surface area contributed by atoms with Gasteiger partial charge in [-0.2, -0.15) is 0 Å². The maximum atomic E-state index is 6.68. The van der Waals surface area contributed by atoms with E-state index in [0.29, 0.717) is 0 Å². The van der Waals surface area contributed by atoms with Gasteiger partial charge < -0.3 is 13.6 Å². The van der Waals surface area contributed by atoms with Crippen molar-refractivity contribution in [2.75, 3.05) is 0 Å². The van der Waals surface area contributed by atoms with Crippen molar-refractivity contribution in [3.05, 3.63) is 175 Å². The monoisotopic (exact) mass is 652 g/mol. The van der Waals surface area contributed by atoms with Crippen LogP contribution in [0.2, 0.25) is 0 Å². The normalized spacial score (nSPS) is 12.9. The molecule has 0 aliphatic heterocycles. The van der Waals surface area contributed by atoms with Crippen molar-refractivity contribution in [3.8, 4) is 33.6 Å². The van der Waals surface area contributed by atoms with Gasteiger partial charge in [-0.05, 0) is 102 Å². The molecule has 240 valence electrons. The fraction of sp³-hybridized carbons (Fsp3) is 0.0417. The molecule has 51 heavy (non-hydrogen) atoms. The van der Waals surface area contributed by atoms with E-state index in [1.807, 2.05) is 0 Å². The molecule has 3 heteroatoms. The first-order chi connectivity index (χ1) is 25.3. The molecule has 10 aromatic rings. The Labute approximate surface area is 294 Å². The van der Waals surface area contributed by atoms with Crippen molar-refractivity contribution in [2.24, 2.45) is 0 Å². The van der Waals surface area contributed by atoms with Gasteiger partial charge in [-0.15, -0.1) is 0 Å². The maximum Gasteiger partial charge on any atom is 0.143 e. The van der Waals surface area contributed by atoms with Crippen molar-refractivity contribution in [3.63, 3.8) is 0 Å². The first-order valence-electron chi connectivity index (χ1n) is 17.7. The summed E-state index contributed by atoms with van der Waals surface area (Å²) >= 11 is 0. The van der Waals surface area contributed by atoms with Crippen LogP contribution in [0, 0.1) is 0 Å². The second-order valence-electron chi connectivity index (χ2n) is 13.6.